The van der Waals surface area contributed by atoms with Crippen molar-refractivity contribution in [2.45, 2.75) is 92.1 Å². The lowest BCUT2D eigenvalue weighted by Crippen LogP contribution is -2.54. The molecule has 0 saturated heterocycles. The molecule has 0 bridgehead atoms. The standard InChI is InChI=1S/C21H38O/c1-8-20(6,22)15-11-17-19(4,5)14-10-16-18(2,3)12-9-13-21(16,17)7/h8,16-17,22H,1,9-15H2,2-7H3/t16-,17-,20?,21-/m1/s1. The summed E-state index contributed by atoms with van der Waals surface area (Å²) in [5.41, 5.74) is 0.572. The molecule has 0 aromatic heterocycles. The van der Waals surface area contributed by atoms with Crippen molar-refractivity contribution < 1.29 is 5.11 Å². The fourth-order valence-corrected chi connectivity index (χ4v) is 6.15. The minimum absolute atomic E-state index is 0.385. The van der Waals surface area contributed by atoms with E-state index in [9.17, 15) is 5.11 Å². The molecule has 1 unspecified atom stereocenters. The Hall–Kier alpha value is -0.300. The Morgan fingerprint density at radius 3 is 2.32 bits per heavy atom. The van der Waals surface area contributed by atoms with E-state index >= 15 is 0 Å². The van der Waals surface area contributed by atoms with Crippen molar-refractivity contribution in [1.29, 1.82) is 0 Å². The van der Waals surface area contributed by atoms with E-state index in [0.717, 1.165) is 18.8 Å². The Morgan fingerprint density at radius 2 is 1.73 bits per heavy atom. The third-order valence-corrected chi connectivity index (χ3v) is 7.47. The molecule has 128 valence electrons. The fourth-order valence-electron chi connectivity index (χ4n) is 6.15. The lowest BCUT2D eigenvalue weighted by atomic mass is 9.43. The van der Waals surface area contributed by atoms with Crippen LogP contribution in [0.25, 0.3) is 0 Å². The van der Waals surface area contributed by atoms with Gasteiger partial charge in [-0.3, -0.25) is 0 Å². The van der Waals surface area contributed by atoms with Gasteiger partial charge in [-0.25, -0.2) is 0 Å². The van der Waals surface area contributed by atoms with Crippen molar-refractivity contribution in [3.63, 3.8) is 0 Å². The van der Waals surface area contributed by atoms with E-state index in [4.69, 9.17) is 0 Å². The molecular weight excluding hydrogens is 268 g/mol. The Morgan fingerprint density at radius 1 is 1.09 bits per heavy atom. The third-order valence-electron chi connectivity index (χ3n) is 7.47. The molecule has 1 heteroatoms. The van der Waals surface area contributed by atoms with E-state index in [2.05, 4.69) is 41.2 Å². The third kappa shape index (κ3) is 3.16. The van der Waals surface area contributed by atoms with Crippen LogP contribution in [0.4, 0.5) is 0 Å². The first-order valence-electron chi connectivity index (χ1n) is 9.31. The van der Waals surface area contributed by atoms with Crippen molar-refractivity contribution in [2.24, 2.45) is 28.1 Å². The molecule has 0 aromatic rings. The normalized spacial score (nSPS) is 39.6. The van der Waals surface area contributed by atoms with Gasteiger partial charge in [-0.05, 0) is 73.5 Å². The van der Waals surface area contributed by atoms with Gasteiger partial charge >= 0.3 is 0 Å². The fraction of sp³-hybridized carbons (Fsp3) is 0.905. The van der Waals surface area contributed by atoms with Gasteiger partial charge in [-0.2, -0.15) is 0 Å². The zero-order chi connectivity index (χ0) is 16.8. The van der Waals surface area contributed by atoms with Crippen LogP contribution in [0.3, 0.4) is 0 Å². The van der Waals surface area contributed by atoms with Crippen LogP contribution in [0.15, 0.2) is 12.7 Å². The number of fused-ring (bicyclic) bond motifs is 1. The van der Waals surface area contributed by atoms with Crippen molar-refractivity contribution in [2.75, 3.05) is 0 Å². The summed E-state index contributed by atoms with van der Waals surface area (Å²) in [6.45, 7) is 18.2. The molecule has 2 aliphatic carbocycles. The monoisotopic (exact) mass is 306 g/mol. The van der Waals surface area contributed by atoms with E-state index in [0.29, 0.717) is 22.2 Å². The number of hydrogen-bond acceptors (Lipinski definition) is 1. The molecule has 0 heterocycles. The number of aliphatic hydroxyl groups is 1. The van der Waals surface area contributed by atoms with Gasteiger partial charge in [-0.1, -0.05) is 47.1 Å². The number of rotatable bonds is 4. The van der Waals surface area contributed by atoms with Crippen LogP contribution in [0, 0.1) is 28.1 Å². The molecule has 0 aromatic carbocycles. The molecule has 1 N–H and O–H groups in total. The second kappa shape index (κ2) is 5.65. The minimum Gasteiger partial charge on any atom is -0.386 e. The molecule has 2 saturated carbocycles. The Labute approximate surface area is 138 Å². The highest BCUT2D eigenvalue weighted by atomic mass is 16.3. The summed E-state index contributed by atoms with van der Waals surface area (Å²) in [6, 6.07) is 0. The summed E-state index contributed by atoms with van der Waals surface area (Å²) in [4.78, 5) is 0. The van der Waals surface area contributed by atoms with Gasteiger partial charge in [0.2, 0.25) is 0 Å². The van der Waals surface area contributed by atoms with Crippen molar-refractivity contribution in [3.8, 4) is 0 Å². The van der Waals surface area contributed by atoms with Gasteiger partial charge in [-0.15, -0.1) is 6.58 Å². The van der Waals surface area contributed by atoms with Crippen LogP contribution in [0.2, 0.25) is 0 Å². The van der Waals surface area contributed by atoms with Crippen molar-refractivity contribution in [1.82, 2.24) is 0 Å². The van der Waals surface area contributed by atoms with E-state index < -0.39 is 5.60 Å². The Balaban J connectivity index is 2.28. The molecule has 0 amide bonds. The molecule has 0 radical (unpaired) electrons. The molecule has 2 aliphatic rings. The quantitative estimate of drug-likeness (QED) is 0.634. The number of hydrogen-bond donors (Lipinski definition) is 1. The first-order valence-corrected chi connectivity index (χ1v) is 9.31. The Bertz CT molecular complexity index is 418. The molecule has 2 rings (SSSR count). The first kappa shape index (κ1) is 18.0. The maximum atomic E-state index is 10.4. The zero-order valence-electron chi connectivity index (χ0n) is 15.8. The van der Waals surface area contributed by atoms with Crippen molar-refractivity contribution >= 4 is 0 Å². The van der Waals surface area contributed by atoms with E-state index in [1.807, 2.05) is 6.92 Å². The largest absolute Gasteiger partial charge is 0.386 e. The van der Waals surface area contributed by atoms with E-state index in [1.54, 1.807) is 6.08 Å². The highest BCUT2D eigenvalue weighted by Crippen LogP contribution is 2.65. The van der Waals surface area contributed by atoms with Gasteiger partial charge < -0.3 is 5.11 Å². The molecular formula is C21H38O. The van der Waals surface area contributed by atoms with Crippen LogP contribution in [-0.2, 0) is 0 Å². The van der Waals surface area contributed by atoms with E-state index in [-0.39, 0.29) is 0 Å². The molecule has 22 heavy (non-hydrogen) atoms. The van der Waals surface area contributed by atoms with Crippen LogP contribution in [-0.4, -0.2) is 10.7 Å². The molecule has 2 fully saturated rings. The average molecular weight is 307 g/mol. The average Bonchev–Trinajstić information content (AvgIpc) is 2.35. The van der Waals surface area contributed by atoms with Crippen LogP contribution >= 0.6 is 0 Å². The molecule has 0 spiro atoms. The molecule has 1 nitrogen and oxygen atoms in total. The predicted molar refractivity (Wildman–Crippen MR) is 95.8 cm³/mol. The summed E-state index contributed by atoms with van der Waals surface area (Å²) in [5, 5.41) is 10.4. The van der Waals surface area contributed by atoms with Gasteiger partial charge in [0.25, 0.3) is 0 Å². The molecule has 0 aliphatic heterocycles. The SMILES string of the molecule is C=CC(C)(O)CC[C@@H]1C(C)(C)CC[C@@H]2C(C)(C)CCC[C@]21C. The second-order valence-corrected chi connectivity index (χ2v) is 10.1. The summed E-state index contributed by atoms with van der Waals surface area (Å²) in [5.74, 6) is 1.53. The van der Waals surface area contributed by atoms with Crippen LogP contribution in [0.5, 0.6) is 0 Å². The predicted octanol–water partition coefficient (Wildman–Crippen LogP) is 5.97. The van der Waals surface area contributed by atoms with Gasteiger partial charge in [0.15, 0.2) is 0 Å². The van der Waals surface area contributed by atoms with Gasteiger partial charge in [0, 0.05) is 0 Å². The maximum Gasteiger partial charge on any atom is 0.0797 e. The van der Waals surface area contributed by atoms with Gasteiger partial charge in [0.1, 0.15) is 0 Å². The minimum atomic E-state index is -0.719. The smallest absolute Gasteiger partial charge is 0.0797 e. The highest BCUT2D eigenvalue weighted by Gasteiger charge is 2.56. The summed E-state index contributed by atoms with van der Waals surface area (Å²) >= 11 is 0. The topological polar surface area (TPSA) is 20.2 Å². The zero-order valence-corrected chi connectivity index (χ0v) is 15.8. The molecule has 4 atom stereocenters. The summed E-state index contributed by atoms with van der Waals surface area (Å²) in [6.07, 6.45) is 10.5. The lowest BCUT2D eigenvalue weighted by molar-refractivity contribution is -0.129. The summed E-state index contributed by atoms with van der Waals surface area (Å²) in [7, 11) is 0. The second-order valence-electron chi connectivity index (χ2n) is 10.1. The summed E-state index contributed by atoms with van der Waals surface area (Å²) < 4.78 is 0. The van der Waals surface area contributed by atoms with E-state index in [1.165, 1.54) is 32.1 Å². The van der Waals surface area contributed by atoms with Crippen LogP contribution in [0.1, 0.15) is 86.5 Å². The lowest BCUT2D eigenvalue weighted by Gasteiger charge is -2.62. The maximum absolute atomic E-state index is 10.4. The Kier molecular flexibility index (Phi) is 4.64. The highest BCUT2D eigenvalue weighted by molar-refractivity contribution is 5.06. The van der Waals surface area contributed by atoms with Crippen LogP contribution < -0.4 is 0 Å². The first-order chi connectivity index (χ1) is 9.95. The van der Waals surface area contributed by atoms with Gasteiger partial charge in [0.05, 0.1) is 5.60 Å². The van der Waals surface area contributed by atoms with Crippen molar-refractivity contribution in [3.05, 3.63) is 12.7 Å².